The zero-order valence-electron chi connectivity index (χ0n) is 17.2. The topological polar surface area (TPSA) is 0 Å². The highest BCUT2D eigenvalue weighted by molar-refractivity contribution is 6.33. The van der Waals surface area contributed by atoms with E-state index in [9.17, 15) is 52.7 Å². The molecule has 3 aromatic rings. The summed E-state index contributed by atoms with van der Waals surface area (Å²) >= 11 is 0. The maximum absolute atomic E-state index is 13.2. The second kappa shape index (κ2) is 8.52. The number of alkyl halides is 12. The largest absolute Gasteiger partial charge is 0.416 e. The van der Waals surface area contributed by atoms with Gasteiger partial charge in [0.15, 0.2) is 0 Å². The highest BCUT2D eigenvalue weighted by Crippen LogP contribution is 2.41. The van der Waals surface area contributed by atoms with Crippen molar-refractivity contribution in [1.29, 1.82) is 0 Å². The molecule has 0 radical (unpaired) electrons. The van der Waals surface area contributed by atoms with E-state index in [1.54, 1.807) is 0 Å². The average Bonchev–Trinajstić information content (AvgIpc) is 2.70. The summed E-state index contributed by atoms with van der Waals surface area (Å²) in [5, 5.41) is 0. The van der Waals surface area contributed by atoms with Gasteiger partial charge in [-0.15, -0.1) is 0 Å². The fourth-order valence-corrected chi connectivity index (χ4v) is 3.36. The first-order chi connectivity index (χ1) is 15.7. The van der Waals surface area contributed by atoms with Crippen LogP contribution in [0, 0.1) is 0 Å². The van der Waals surface area contributed by atoms with Crippen molar-refractivity contribution in [2.24, 2.45) is 0 Å². The molecule has 0 fully saturated rings. The molecule has 186 valence electrons. The molecule has 0 nitrogen and oxygen atoms in total. The predicted octanol–water partition coefficient (Wildman–Crippen LogP) is 7.35. The Bertz CT molecular complexity index is 1090. The van der Waals surface area contributed by atoms with Crippen molar-refractivity contribution in [3.8, 4) is 22.3 Å². The first-order valence-electron chi connectivity index (χ1n) is 9.46. The molecule has 0 unspecified atom stereocenters. The van der Waals surface area contributed by atoms with Crippen molar-refractivity contribution in [3.63, 3.8) is 0 Å². The molecule has 0 amide bonds. The highest BCUT2D eigenvalue weighted by Gasteiger charge is 2.38. The third-order valence-electron chi connectivity index (χ3n) is 4.92. The molecule has 0 spiro atoms. The summed E-state index contributed by atoms with van der Waals surface area (Å²) < 4.78 is 158. The molecule has 3 aromatic carbocycles. The van der Waals surface area contributed by atoms with Gasteiger partial charge < -0.3 is 0 Å². The molecule has 13 heteroatoms. The van der Waals surface area contributed by atoms with E-state index in [4.69, 9.17) is 0 Å². The van der Waals surface area contributed by atoms with Gasteiger partial charge in [-0.1, -0.05) is 17.6 Å². The minimum absolute atomic E-state index is 0.0946. The van der Waals surface area contributed by atoms with Gasteiger partial charge in [-0.25, -0.2) is 0 Å². The predicted molar refractivity (Wildman–Crippen MR) is 105 cm³/mol. The SMILES string of the molecule is Bc1cc(-c2cc(C(F)(F)F)cc(C(F)(F)F)c2)cc(-c2cc(C(F)(F)F)cc(C(F)(F)F)c2)c1. The second-order valence-corrected chi connectivity index (χ2v) is 7.68. The van der Waals surface area contributed by atoms with Crippen LogP contribution in [0.25, 0.3) is 22.3 Å². The van der Waals surface area contributed by atoms with Gasteiger partial charge in [0.05, 0.1) is 22.3 Å². The number of halogens is 12. The number of rotatable bonds is 2. The zero-order chi connectivity index (χ0) is 26.6. The summed E-state index contributed by atoms with van der Waals surface area (Å²) in [5.41, 5.74) is -7.97. The fraction of sp³-hybridized carbons (Fsp3) is 0.182. The Morgan fingerprint density at radius 2 is 0.571 bits per heavy atom. The smallest absolute Gasteiger partial charge is 0.166 e. The van der Waals surface area contributed by atoms with E-state index >= 15 is 0 Å². The van der Waals surface area contributed by atoms with Crippen molar-refractivity contribution >= 4 is 13.3 Å². The Morgan fingerprint density at radius 1 is 0.343 bits per heavy atom. The van der Waals surface area contributed by atoms with Gasteiger partial charge in [0.25, 0.3) is 0 Å². The maximum atomic E-state index is 13.2. The lowest BCUT2D eigenvalue weighted by Crippen LogP contribution is -2.12. The minimum Gasteiger partial charge on any atom is -0.166 e. The van der Waals surface area contributed by atoms with Gasteiger partial charge in [-0.2, -0.15) is 52.7 Å². The summed E-state index contributed by atoms with van der Waals surface area (Å²) in [7, 11) is 1.34. The van der Waals surface area contributed by atoms with Crippen molar-refractivity contribution < 1.29 is 52.7 Å². The normalized spacial score (nSPS) is 13.3. The quantitative estimate of drug-likeness (QED) is 0.248. The third-order valence-corrected chi connectivity index (χ3v) is 4.92. The lowest BCUT2D eigenvalue weighted by Gasteiger charge is -2.17. The maximum Gasteiger partial charge on any atom is 0.416 e. The summed E-state index contributed by atoms with van der Waals surface area (Å²) in [5.74, 6) is 0. The number of benzene rings is 3. The third kappa shape index (κ3) is 6.12. The summed E-state index contributed by atoms with van der Waals surface area (Å²) in [6, 6.07) is 4.74. The summed E-state index contributed by atoms with van der Waals surface area (Å²) in [6.07, 6.45) is -20.6. The van der Waals surface area contributed by atoms with E-state index in [0.29, 0.717) is 24.3 Å². The molecule has 0 atom stereocenters. The lowest BCUT2D eigenvalue weighted by molar-refractivity contribution is -0.144. The van der Waals surface area contributed by atoms with Crippen LogP contribution in [-0.4, -0.2) is 7.85 Å². The van der Waals surface area contributed by atoms with E-state index in [1.807, 2.05) is 0 Å². The van der Waals surface area contributed by atoms with Crippen molar-refractivity contribution in [1.82, 2.24) is 0 Å². The first kappa shape index (κ1) is 26.5. The van der Waals surface area contributed by atoms with Crippen LogP contribution < -0.4 is 5.46 Å². The van der Waals surface area contributed by atoms with E-state index < -0.39 is 58.1 Å². The average molecular weight is 514 g/mol. The molecule has 0 saturated heterocycles. The van der Waals surface area contributed by atoms with Crippen LogP contribution in [0.4, 0.5) is 52.7 Å². The summed E-state index contributed by atoms with van der Waals surface area (Å²) in [4.78, 5) is 0. The molecule has 0 N–H and O–H groups in total. The molecule has 3 rings (SSSR count). The van der Waals surface area contributed by atoms with Crippen LogP contribution in [-0.2, 0) is 24.7 Å². The van der Waals surface area contributed by atoms with E-state index in [0.717, 1.165) is 18.2 Å². The van der Waals surface area contributed by atoms with Crippen LogP contribution in [0.15, 0.2) is 54.6 Å². The molecule has 0 aliphatic heterocycles. The molecular weight excluding hydrogens is 503 g/mol. The van der Waals surface area contributed by atoms with Gasteiger partial charge in [0, 0.05) is 0 Å². The van der Waals surface area contributed by atoms with Crippen molar-refractivity contribution in [2.75, 3.05) is 0 Å². The highest BCUT2D eigenvalue weighted by atomic mass is 19.4. The Labute approximate surface area is 190 Å². The van der Waals surface area contributed by atoms with Crippen LogP contribution in [0.3, 0.4) is 0 Å². The van der Waals surface area contributed by atoms with Gasteiger partial charge in [-0.3, -0.25) is 0 Å². The number of hydrogen-bond acceptors (Lipinski definition) is 0. The fourth-order valence-electron chi connectivity index (χ4n) is 3.36. The minimum atomic E-state index is -5.15. The van der Waals surface area contributed by atoms with Gasteiger partial charge in [0.2, 0.25) is 0 Å². The molecule has 0 bridgehead atoms. The number of hydrogen-bond donors (Lipinski definition) is 0. The first-order valence-corrected chi connectivity index (χ1v) is 9.46. The van der Waals surface area contributed by atoms with Crippen LogP contribution in [0.2, 0.25) is 0 Å². The molecule has 35 heavy (non-hydrogen) atoms. The van der Waals surface area contributed by atoms with Crippen LogP contribution in [0.5, 0.6) is 0 Å². The molecular formula is C22H11BF12. The Hall–Kier alpha value is -3.12. The van der Waals surface area contributed by atoms with E-state index in [2.05, 4.69) is 0 Å². The van der Waals surface area contributed by atoms with Gasteiger partial charge in [0.1, 0.15) is 7.85 Å². The molecule has 0 aromatic heterocycles. The monoisotopic (exact) mass is 514 g/mol. The van der Waals surface area contributed by atoms with Crippen molar-refractivity contribution in [3.05, 3.63) is 76.9 Å². The zero-order valence-corrected chi connectivity index (χ0v) is 17.2. The van der Waals surface area contributed by atoms with Gasteiger partial charge in [-0.05, 0) is 64.7 Å². The Kier molecular flexibility index (Phi) is 6.45. The Balaban J connectivity index is 2.27. The lowest BCUT2D eigenvalue weighted by atomic mass is 9.86. The standard InChI is InChI=1S/C22H11BF12/c23-18-6-10(12-2-14(19(24,25)26)8-15(3-12)20(27,28)29)1-11(7-18)13-4-16(21(30,31)32)9-17(5-13)22(33,34)35/h1-9H,23H2. The van der Waals surface area contributed by atoms with Gasteiger partial charge >= 0.3 is 24.7 Å². The van der Waals surface area contributed by atoms with Crippen molar-refractivity contribution in [2.45, 2.75) is 24.7 Å². The Morgan fingerprint density at radius 3 is 0.800 bits per heavy atom. The molecule has 0 aliphatic rings. The summed E-state index contributed by atoms with van der Waals surface area (Å²) in [6.45, 7) is 0. The van der Waals surface area contributed by atoms with Crippen LogP contribution in [0.1, 0.15) is 22.3 Å². The van der Waals surface area contributed by atoms with E-state index in [1.165, 1.54) is 7.85 Å². The molecule has 0 heterocycles. The van der Waals surface area contributed by atoms with E-state index in [-0.39, 0.29) is 28.7 Å². The second-order valence-electron chi connectivity index (χ2n) is 7.68. The molecule has 0 saturated carbocycles. The van der Waals surface area contributed by atoms with Crippen LogP contribution >= 0.6 is 0 Å². The molecule has 0 aliphatic carbocycles.